The third kappa shape index (κ3) is 9.01. The molecule has 0 aliphatic carbocycles. The molecule has 190 valence electrons. The van der Waals surface area contributed by atoms with Crippen LogP contribution in [0.3, 0.4) is 0 Å². The van der Waals surface area contributed by atoms with Crippen LogP contribution in [0.15, 0.2) is 48.5 Å². The van der Waals surface area contributed by atoms with Gasteiger partial charge in [0.15, 0.2) is 5.78 Å². The number of ether oxygens (including phenoxy) is 1. The molecular formula is C24H26F4N2O5. The summed E-state index contributed by atoms with van der Waals surface area (Å²) in [4.78, 5) is 35.7. The van der Waals surface area contributed by atoms with Crippen molar-refractivity contribution in [3.63, 3.8) is 0 Å². The Bertz CT molecular complexity index is 1000. The molecule has 1 aliphatic heterocycles. The Morgan fingerprint density at radius 1 is 1.06 bits per heavy atom. The van der Waals surface area contributed by atoms with Crippen molar-refractivity contribution < 1.29 is 41.8 Å². The van der Waals surface area contributed by atoms with Crippen LogP contribution in [0.2, 0.25) is 0 Å². The molecule has 3 rings (SSSR count). The minimum Gasteiger partial charge on any atom is -0.496 e. The first-order valence-electron chi connectivity index (χ1n) is 10.7. The lowest BCUT2D eigenvalue weighted by Crippen LogP contribution is -2.40. The van der Waals surface area contributed by atoms with E-state index in [1.54, 1.807) is 19.2 Å². The number of nitrogens with one attached hydrogen (secondary N) is 1. The zero-order valence-electron chi connectivity index (χ0n) is 19.0. The number of hydrogen-bond acceptors (Lipinski definition) is 5. The molecule has 2 N–H and O–H groups in total. The average Bonchev–Trinajstić information content (AvgIpc) is 2.83. The van der Waals surface area contributed by atoms with Crippen molar-refractivity contribution in [3.8, 4) is 5.75 Å². The molecular weight excluding hydrogens is 472 g/mol. The second kappa shape index (κ2) is 12.8. The van der Waals surface area contributed by atoms with Gasteiger partial charge in [0.2, 0.25) is 0 Å². The summed E-state index contributed by atoms with van der Waals surface area (Å²) >= 11 is 0. The number of carboxylic acid groups (broad SMARTS) is 1. The van der Waals surface area contributed by atoms with E-state index in [0.717, 1.165) is 25.9 Å². The second-order valence-electron chi connectivity index (χ2n) is 7.86. The van der Waals surface area contributed by atoms with Gasteiger partial charge in [0.05, 0.1) is 19.2 Å². The molecule has 1 saturated heterocycles. The molecule has 0 bridgehead atoms. The molecule has 1 aliphatic rings. The molecule has 0 atom stereocenters. The lowest BCUT2D eigenvalue weighted by molar-refractivity contribution is -0.192. The van der Waals surface area contributed by atoms with Gasteiger partial charge in [-0.05, 0) is 68.2 Å². The van der Waals surface area contributed by atoms with E-state index in [4.69, 9.17) is 14.6 Å². The Hall–Kier alpha value is -3.47. The fourth-order valence-corrected chi connectivity index (χ4v) is 3.44. The number of likely N-dealkylation sites (tertiary alicyclic amines) is 1. The topological polar surface area (TPSA) is 95.9 Å². The van der Waals surface area contributed by atoms with Crippen molar-refractivity contribution in [3.05, 3.63) is 65.5 Å². The Kier molecular flexibility index (Phi) is 10.2. The quantitative estimate of drug-likeness (QED) is 0.446. The zero-order chi connectivity index (χ0) is 26.0. The Morgan fingerprint density at radius 3 is 2.17 bits per heavy atom. The highest BCUT2D eigenvalue weighted by Crippen LogP contribution is 2.19. The monoisotopic (exact) mass is 498 g/mol. The van der Waals surface area contributed by atoms with Crippen molar-refractivity contribution >= 4 is 17.7 Å². The first-order chi connectivity index (χ1) is 16.5. The van der Waals surface area contributed by atoms with Crippen LogP contribution in [0, 0.1) is 11.7 Å². The first kappa shape index (κ1) is 27.8. The number of rotatable bonds is 7. The fraction of sp³-hybridized carbons (Fsp3) is 0.375. The standard InChI is InChI=1S/C22H25FN2O3.C2HF3O2/c1-28-21-5-3-2-4-19(21)22(27)24-14-16-10-12-25(13-11-16)15-20(26)17-6-8-18(23)9-7-17;3-2(4,5)1(6)7/h2-9,16H,10-15H2,1H3,(H,24,27);(H,6,7). The summed E-state index contributed by atoms with van der Waals surface area (Å²) in [6, 6.07) is 12.8. The van der Waals surface area contributed by atoms with Crippen LogP contribution in [0.25, 0.3) is 0 Å². The number of piperidine rings is 1. The van der Waals surface area contributed by atoms with E-state index in [1.165, 1.54) is 24.3 Å². The Labute approximate surface area is 199 Å². The number of benzene rings is 2. The molecule has 0 spiro atoms. The smallest absolute Gasteiger partial charge is 0.490 e. The first-order valence-corrected chi connectivity index (χ1v) is 10.7. The van der Waals surface area contributed by atoms with Crippen molar-refractivity contribution in [1.29, 1.82) is 0 Å². The van der Waals surface area contributed by atoms with E-state index in [-0.39, 0.29) is 17.5 Å². The normalized spacial score (nSPS) is 14.4. The third-order valence-electron chi connectivity index (χ3n) is 5.39. The van der Waals surface area contributed by atoms with E-state index in [2.05, 4.69) is 10.2 Å². The van der Waals surface area contributed by atoms with Gasteiger partial charge in [-0.15, -0.1) is 0 Å². The molecule has 0 unspecified atom stereocenters. The van der Waals surface area contributed by atoms with Crippen LogP contribution in [0.4, 0.5) is 17.6 Å². The number of halogens is 4. The van der Waals surface area contributed by atoms with Crippen LogP contribution in [0.1, 0.15) is 33.6 Å². The lowest BCUT2D eigenvalue weighted by Gasteiger charge is -2.31. The number of carbonyl (C=O) groups excluding carboxylic acids is 2. The minimum absolute atomic E-state index is 0.00271. The number of aliphatic carboxylic acids is 1. The number of para-hydroxylation sites is 1. The maximum absolute atomic E-state index is 13.0. The lowest BCUT2D eigenvalue weighted by atomic mass is 9.96. The van der Waals surface area contributed by atoms with Gasteiger partial charge in [0, 0.05) is 12.1 Å². The summed E-state index contributed by atoms with van der Waals surface area (Å²) < 4.78 is 49.9. The number of amides is 1. The van der Waals surface area contributed by atoms with Crippen molar-refractivity contribution in [2.45, 2.75) is 19.0 Å². The molecule has 1 heterocycles. The van der Waals surface area contributed by atoms with Gasteiger partial charge in [0.25, 0.3) is 5.91 Å². The van der Waals surface area contributed by atoms with E-state index < -0.39 is 12.1 Å². The van der Waals surface area contributed by atoms with Crippen molar-refractivity contribution in [1.82, 2.24) is 10.2 Å². The summed E-state index contributed by atoms with van der Waals surface area (Å²) in [6.45, 7) is 2.56. The van der Waals surface area contributed by atoms with Crippen LogP contribution < -0.4 is 10.1 Å². The molecule has 1 fully saturated rings. The molecule has 2 aromatic carbocycles. The predicted molar refractivity (Wildman–Crippen MR) is 119 cm³/mol. The molecule has 0 aromatic heterocycles. The van der Waals surface area contributed by atoms with Gasteiger partial charge in [-0.1, -0.05) is 12.1 Å². The van der Waals surface area contributed by atoms with Crippen LogP contribution in [-0.2, 0) is 4.79 Å². The highest BCUT2D eigenvalue weighted by Gasteiger charge is 2.38. The van der Waals surface area contributed by atoms with Gasteiger partial charge in [-0.25, -0.2) is 9.18 Å². The minimum atomic E-state index is -5.08. The van der Waals surface area contributed by atoms with Gasteiger partial charge >= 0.3 is 12.1 Å². The number of ketones is 1. The van der Waals surface area contributed by atoms with E-state index in [1.807, 2.05) is 12.1 Å². The molecule has 35 heavy (non-hydrogen) atoms. The van der Waals surface area contributed by atoms with Gasteiger partial charge in [0.1, 0.15) is 11.6 Å². The maximum atomic E-state index is 13.0. The number of carbonyl (C=O) groups is 3. The molecule has 0 saturated carbocycles. The van der Waals surface area contributed by atoms with Crippen LogP contribution in [0.5, 0.6) is 5.75 Å². The van der Waals surface area contributed by atoms with E-state index in [0.29, 0.717) is 35.9 Å². The summed E-state index contributed by atoms with van der Waals surface area (Å²) in [6.07, 6.45) is -3.24. The average molecular weight is 498 g/mol. The summed E-state index contributed by atoms with van der Waals surface area (Å²) in [5.74, 6) is -2.28. The predicted octanol–water partition coefficient (Wildman–Crippen LogP) is 3.79. The SMILES string of the molecule is COc1ccccc1C(=O)NCC1CCN(CC(=O)c2ccc(F)cc2)CC1.O=C(O)C(F)(F)F. The van der Waals surface area contributed by atoms with Crippen molar-refractivity contribution in [2.24, 2.45) is 5.92 Å². The number of Topliss-reactive ketones (excluding diaryl/α,β-unsaturated/α-hetero) is 1. The molecule has 1 amide bonds. The number of methoxy groups -OCH3 is 1. The molecule has 0 radical (unpaired) electrons. The summed E-state index contributed by atoms with van der Waals surface area (Å²) in [7, 11) is 1.55. The van der Waals surface area contributed by atoms with E-state index in [9.17, 15) is 27.2 Å². The molecule has 11 heteroatoms. The molecule has 7 nitrogen and oxygen atoms in total. The van der Waals surface area contributed by atoms with Crippen LogP contribution >= 0.6 is 0 Å². The van der Waals surface area contributed by atoms with Gasteiger partial charge in [-0.2, -0.15) is 13.2 Å². The largest absolute Gasteiger partial charge is 0.496 e. The third-order valence-corrected chi connectivity index (χ3v) is 5.39. The Morgan fingerprint density at radius 2 is 1.63 bits per heavy atom. The highest BCUT2D eigenvalue weighted by molar-refractivity contribution is 5.97. The fourth-order valence-electron chi connectivity index (χ4n) is 3.44. The number of hydrogen-bond donors (Lipinski definition) is 2. The Balaban J connectivity index is 0.000000540. The number of alkyl halides is 3. The van der Waals surface area contributed by atoms with Crippen LogP contribution in [-0.4, -0.2) is 67.1 Å². The summed E-state index contributed by atoms with van der Waals surface area (Å²) in [5.41, 5.74) is 1.07. The van der Waals surface area contributed by atoms with Gasteiger partial charge in [-0.3, -0.25) is 14.5 Å². The van der Waals surface area contributed by atoms with Crippen molar-refractivity contribution in [2.75, 3.05) is 33.3 Å². The zero-order valence-corrected chi connectivity index (χ0v) is 19.0. The van der Waals surface area contributed by atoms with Gasteiger partial charge < -0.3 is 15.2 Å². The summed E-state index contributed by atoms with van der Waals surface area (Å²) in [5, 5.41) is 10.1. The van der Waals surface area contributed by atoms with E-state index >= 15 is 0 Å². The number of carboxylic acids is 1. The molecule has 2 aromatic rings. The maximum Gasteiger partial charge on any atom is 0.490 e. The number of nitrogens with zero attached hydrogens (tertiary/aromatic N) is 1. The highest BCUT2D eigenvalue weighted by atomic mass is 19.4. The second-order valence-corrected chi connectivity index (χ2v) is 7.86.